The fourth-order valence-electron chi connectivity index (χ4n) is 18.8. The van der Waals surface area contributed by atoms with Gasteiger partial charge in [0.15, 0.2) is 5.82 Å². The fraction of sp³-hybridized carbons (Fsp3) is 0.0481. The Bertz CT molecular complexity index is 6570. The Morgan fingerprint density at radius 3 is 1.58 bits per heavy atom. The van der Waals surface area contributed by atoms with Crippen LogP contribution in [0.25, 0.3) is 106 Å². The number of ether oxygens (including phenoxy) is 2. The predicted molar refractivity (Wildman–Crippen MR) is 446 cm³/mol. The average Bonchev–Trinajstić information content (AvgIpc) is 1.49. The van der Waals surface area contributed by atoms with E-state index < -0.39 is 10.8 Å². The first kappa shape index (κ1) is 63.2. The summed E-state index contributed by atoms with van der Waals surface area (Å²) in [6.07, 6.45) is 11.1. The molecule has 22 rings (SSSR count). The van der Waals surface area contributed by atoms with Crippen LogP contribution in [0.1, 0.15) is 73.3 Å². The number of rotatable bonds is 10. The van der Waals surface area contributed by atoms with E-state index >= 15 is 0 Å². The number of aliphatic imine (C=N–C) groups is 1. The third-order valence-electron chi connectivity index (χ3n) is 23.8. The van der Waals surface area contributed by atoms with E-state index in [1.807, 2.05) is 6.07 Å². The van der Waals surface area contributed by atoms with E-state index in [1.165, 1.54) is 55.3 Å². The molecule has 16 aromatic rings. The van der Waals surface area contributed by atoms with Crippen LogP contribution in [0, 0.1) is 5.92 Å². The number of para-hydroxylation sites is 4. The van der Waals surface area contributed by atoms with Gasteiger partial charge in [-0.05, 0) is 137 Å². The lowest BCUT2D eigenvalue weighted by atomic mass is 9.61. The number of nitrogens with one attached hydrogen (secondary N) is 1. The maximum Gasteiger partial charge on any atom is 0.160 e. The minimum Gasteiger partial charge on any atom is -0.456 e. The van der Waals surface area contributed by atoms with E-state index in [4.69, 9.17) is 24.4 Å². The Morgan fingerprint density at radius 1 is 0.309 bits per heavy atom. The van der Waals surface area contributed by atoms with Crippen LogP contribution in [0.4, 0.5) is 0 Å². The first-order valence-corrected chi connectivity index (χ1v) is 38.0. The lowest BCUT2D eigenvalue weighted by Crippen LogP contribution is -2.37. The standard InChI is InChI=1S/C104H68N4O2/c1-3-23-69(24-4-1)93-63-95(107-101(105-93)72-53-47-67(48-54-72)79-33-20-40-91-99(79)109-97-42-17-15-38-89(97)103(91)85-35-12-9-30-81(85)82-31-10-13-36-86(82)103)71-51-44-66(45-52-71)75-28-19-29-76(60-75)77-58-59-88-84(62-77)83-32-11-14-37-87(83)104(88)90-39-16-18-43-98(90)110-100-80(34-21-41-92(100)104)68-49-55-73(56-50-68)102-106-94(70-25-5-2-6-26-70)64-96(108-102)78-57-46-65-22-7-8-27-74(65)61-78/h1-64,81,85,102,108H. The Hall–Kier alpha value is -14.1. The first-order valence-electron chi connectivity index (χ1n) is 38.0. The molecule has 1 aromatic heterocycles. The zero-order chi connectivity index (χ0) is 72.4. The van der Waals surface area contributed by atoms with Gasteiger partial charge >= 0.3 is 0 Å². The molecule has 5 unspecified atom stereocenters. The van der Waals surface area contributed by atoms with Crippen LogP contribution >= 0.6 is 0 Å². The van der Waals surface area contributed by atoms with Gasteiger partial charge in [0.1, 0.15) is 29.2 Å². The molecule has 0 radical (unpaired) electrons. The summed E-state index contributed by atoms with van der Waals surface area (Å²) >= 11 is 0. The molecule has 110 heavy (non-hydrogen) atoms. The van der Waals surface area contributed by atoms with Crippen molar-refractivity contribution >= 4 is 22.2 Å². The Morgan fingerprint density at radius 2 is 0.818 bits per heavy atom. The molecule has 0 saturated carbocycles. The van der Waals surface area contributed by atoms with Gasteiger partial charge in [-0.25, -0.2) is 9.97 Å². The van der Waals surface area contributed by atoms with Gasteiger partial charge < -0.3 is 14.8 Å². The van der Waals surface area contributed by atoms with Gasteiger partial charge in [0, 0.05) is 67.6 Å². The van der Waals surface area contributed by atoms with Gasteiger partial charge in [0.05, 0.1) is 27.9 Å². The van der Waals surface area contributed by atoms with Crippen molar-refractivity contribution in [2.24, 2.45) is 10.9 Å². The second-order valence-electron chi connectivity index (χ2n) is 29.6. The molecule has 0 saturated heterocycles. The maximum atomic E-state index is 7.22. The predicted octanol–water partition coefficient (Wildman–Crippen LogP) is 25.2. The minimum atomic E-state index is -0.665. The third kappa shape index (κ3) is 9.92. The summed E-state index contributed by atoms with van der Waals surface area (Å²) in [7, 11) is 0. The molecule has 5 atom stereocenters. The summed E-state index contributed by atoms with van der Waals surface area (Å²) in [5.74, 6) is 4.60. The van der Waals surface area contributed by atoms with E-state index in [9.17, 15) is 0 Å². The van der Waals surface area contributed by atoms with Crippen LogP contribution in [-0.2, 0) is 10.8 Å². The lowest BCUT2D eigenvalue weighted by molar-refractivity contribution is 0.375. The summed E-state index contributed by atoms with van der Waals surface area (Å²) in [5, 5.41) is 6.23. The number of fused-ring (bicyclic) bond motifs is 19. The second-order valence-corrected chi connectivity index (χ2v) is 29.6. The molecule has 6 aliphatic rings. The van der Waals surface area contributed by atoms with E-state index in [-0.39, 0.29) is 18.0 Å². The molecule has 0 bridgehead atoms. The molecule has 1 N–H and O–H groups in total. The molecule has 4 heterocycles. The number of benzene rings is 15. The quantitative estimate of drug-likeness (QED) is 0.148. The third-order valence-corrected chi connectivity index (χ3v) is 23.8. The van der Waals surface area contributed by atoms with Crippen LogP contribution in [0.15, 0.2) is 393 Å². The second kappa shape index (κ2) is 25.3. The van der Waals surface area contributed by atoms with Crippen molar-refractivity contribution in [1.29, 1.82) is 0 Å². The van der Waals surface area contributed by atoms with Crippen molar-refractivity contribution in [2.75, 3.05) is 0 Å². The Balaban J connectivity index is 0.571. The van der Waals surface area contributed by atoms with Crippen molar-refractivity contribution in [2.45, 2.75) is 22.9 Å². The summed E-state index contributed by atoms with van der Waals surface area (Å²) < 4.78 is 14.3. The Kier molecular flexibility index (Phi) is 14.5. The average molecular weight is 1410 g/mol. The van der Waals surface area contributed by atoms with Crippen LogP contribution in [0.5, 0.6) is 23.0 Å². The van der Waals surface area contributed by atoms with Crippen molar-refractivity contribution < 1.29 is 9.47 Å². The monoisotopic (exact) mass is 1400 g/mol. The van der Waals surface area contributed by atoms with Crippen LogP contribution in [0.2, 0.25) is 0 Å². The number of nitrogens with zero attached hydrogens (tertiary/aromatic N) is 3. The van der Waals surface area contributed by atoms with Crippen LogP contribution < -0.4 is 14.8 Å². The molecule has 516 valence electrons. The van der Waals surface area contributed by atoms with E-state index in [1.54, 1.807) is 0 Å². The normalized spacial score (nSPS) is 18.2. The highest BCUT2D eigenvalue weighted by Gasteiger charge is 2.57. The largest absolute Gasteiger partial charge is 0.456 e. The SMILES string of the molecule is C1=CC2c3ccccc3C3(c4ccccc4Oc4c(-c5ccc(-c6nc(-c7ccccc7)cc(-c7ccc(-c8cccc(-c9ccc%10c(c9)-c9ccccc9C%109c%10ccccc%10Oc%10c(-c%11ccc(C%12N=C(c%13ccccc%13)C=C(c%13ccc%14ccccc%14c%13)N%12)cc%11)cccc%109)c8)cc7)n6)cc5)cccc43)C2C=C1. The highest BCUT2D eigenvalue weighted by molar-refractivity contribution is 6.13. The minimum absolute atomic E-state index is 0.189. The highest BCUT2D eigenvalue weighted by atomic mass is 16.5. The van der Waals surface area contributed by atoms with Gasteiger partial charge in [0.25, 0.3) is 0 Å². The van der Waals surface area contributed by atoms with Gasteiger partial charge in [0.2, 0.25) is 0 Å². The van der Waals surface area contributed by atoms with Gasteiger partial charge in [-0.3, -0.25) is 4.99 Å². The molecular formula is C104H68N4O2. The molecule has 2 spiro atoms. The smallest absolute Gasteiger partial charge is 0.160 e. The van der Waals surface area contributed by atoms with Crippen molar-refractivity contribution in [3.8, 4) is 113 Å². The topological polar surface area (TPSA) is 68.6 Å². The lowest BCUT2D eigenvalue weighted by Gasteiger charge is -2.43. The number of allylic oxidation sites excluding steroid dienone is 5. The summed E-state index contributed by atoms with van der Waals surface area (Å²) in [6, 6.07) is 129. The van der Waals surface area contributed by atoms with Crippen molar-refractivity contribution in [3.05, 3.63) is 449 Å². The van der Waals surface area contributed by atoms with E-state index in [2.05, 4.69) is 388 Å². The molecule has 6 nitrogen and oxygen atoms in total. The molecule has 3 aliphatic carbocycles. The van der Waals surface area contributed by atoms with Crippen LogP contribution in [0.3, 0.4) is 0 Å². The van der Waals surface area contributed by atoms with E-state index in [0.29, 0.717) is 5.82 Å². The molecule has 0 amide bonds. The number of hydrogen-bond donors (Lipinski definition) is 1. The van der Waals surface area contributed by atoms with Gasteiger partial charge in [-0.2, -0.15) is 0 Å². The van der Waals surface area contributed by atoms with Crippen LogP contribution in [-0.4, -0.2) is 15.7 Å². The fourth-order valence-corrected chi connectivity index (χ4v) is 18.8. The van der Waals surface area contributed by atoms with Gasteiger partial charge in [-0.1, -0.05) is 346 Å². The summed E-state index contributed by atoms with van der Waals surface area (Å²) in [4.78, 5) is 16.0. The maximum absolute atomic E-state index is 7.22. The number of aromatic nitrogens is 2. The number of hydrogen-bond acceptors (Lipinski definition) is 6. The Labute approximate surface area is 638 Å². The molecule has 15 aromatic carbocycles. The molecular weight excluding hydrogens is 1340 g/mol. The molecule has 3 aliphatic heterocycles. The van der Waals surface area contributed by atoms with Crippen molar-refractivity contribution in [3.63, 3.8) is 0 Å². The van der Waals surface area contributed by atoms with Gasteiger partial charge in [-0.15, -0.1) is 0 Å². The molecule has 6 heteroatoms. The summed E-state index contributed by atoms with van der Waals surface area (Å²) in [6.45, 7) is 0. The zero-order valence-corrected chi connectivity index (χ0v) is 59.8. The zero-order valence-electron chi connectivity index (χ0n) is 59.8. The first-order chi connectivity index (χ1) is 54.5. The van der Waals surface area contributed by atoms with E-state index in [0.717, 1.165) is 135 Å². The molecule has 0 fully saturated rings. The van der Waals surface area contributed by atoms with Crippen molar-refractivity contribution in [1.82, 2.24) is 15.3 Å². The summed E-state index contributed by atoms with van der Waals surface area (Å²) in [5.41, 5.74) is 29.7. The highest BCUT2D eigenvalue weighted by Crippen LogP contribution is 2.67.